The van der Waals surface area contributed by atoms with Crippen LogP contribution >= 0.6 is 11.3 Å². The summed E-state index contributed by atoms with van der Waals surface area (Å²) in [5, 5.41) is 1.63. The molecular formula is C19H12F7N3OS. The number of amides is 1. The van der Waals surface area contributed by atoms with E-state index in [0.29, 0.717) is 12.1 Å². The highest BCUT2D eigenvalue weighted by Crippen LogP contribution is 2.37. The molecule has 0 saturated heterocycles. The number of rotatable bonds is 4. The van der Waals surface area contributed by atoms with E-state index in [4.69, 9.17) is 5.73 Å². The lowest BCUT2D eigenvalue weighted by Crippen LogP contribution is -2.31. The Labute approximate surface area is 174 Å². The summed E-state index contributed by atoms with van der Waals surface area (Å²) in [7, 11) is 0. The molecule has 0 radical (unpaired) electrons. The summed E-state index contributed by atoms with van der Waals surface area (Å²) < 4.78 is 92.3. The summed E-state index contributed by atoms with van der Waals surface area (Å²) in [4.78, 5) is 17.9. The minimum atomic E-state index is -5.11. The second kappa shape index (κ2) is 8.17. The highest BCUT2D eigenvalue weighted by molar-refractivity contribution is 7.13. The first-order valence-corrected chi connectivity index (χ1v) is 9.29. The Bertz CT molecular complexity index is 1060. The molecule has 2 aromatic carbocycles. The van der Waals surface area contributed by atoms with Crippen LogP contribution in [0.1, 0.15) is 27.2 Å². The van der Waals surface area contributed by atoms with Crippen molar-refractivity contribution in [2.45, 2.75) is 18.9 Å². The Morgan fingerprint density at radius 2 is 1.52 bits per heavy atom. The molecule has 3 aromatic rings. The molecule has 12 heteroatoms. The van der Waals surface area contributed by atoms with Gasteiger partial charge in [0.2, 0.25) is 0 Å². The lowest BCUT2D eigenvalue weighted by molar-refractivity contribution is -0.143. The molecule has 0 fully saturated rings. The second-order valence-electron chi connectivity index (χ2n) is 6.34. The maximum Gasteiger partial charge on any atom is 0.416 e. The van der Waals surface area contributed by atoms with Crippen LogP contribution in [0, 0.1) is 5.82 Å². The van der Waals surface area contributed by atoms with Gasteiger partial charge in [-0.3, -0.25) is 4.79 Å². The monoisotopic (exact) mass is 463 g/mol. The molecule has 3 rings (SSSR count). The standard InChI is InChI=1S/C19H12F7N3OS/c20-13-1-3-15(4-2-13)29(8-14-9-31-17(27)28-14)16(30)10-5-11(18(21,22)23)7-12(6-10)19(24,25)26/h1-7,9H,8H2,(H2,27,28). The van der Waals surface area contributed by atoms with Crippen molar-refractivity contribution in [2.24, 2.45) is 0 Å². The first-order chi connectivity index (χ1) is 14.3. The lowest BCUT2D eigenvalue weighted by Gasteiger charge is -2.23. The SMILES string of the molecule is Nc1nc(CN(C(=O)c2cc(C(F)(F)F)cc(C(F)(F)F)c2)c2ccc(F)cc2)cs1. The van der Waals surface area contributed by atoms with Crippen molar-refractivity contribution in [3.63, 3.8) is 0 Å². The molecule has 0 saturated carbocycles. The number of nitrogen functional groups attached to an aromatic ring is 1. The quantitative estimate of drug-likeness (QED) is 0.502. The fourth-order valence-electron chi connectivity index (χ4n) is 2.69. The molecule has 0 spiro atoms. The molecule has 1 amide bonds. The number of thiazole rings is 1. The molecule has 0 unspecified atom stereocenters. The summed E-state index contributed by atoms with van der Waals surface area (Å²) in [5.41, 5.74) is 1.75. The molecule has 1 aromatic heterocycles. The van der Waals surface area contributed by atoms with Crippen molar-refractivity contribution in [1.29, 1.82) is 0 Å². The number of carbonyl (C=O) groups is 1. The van der Waals surface area contributed by atoms with E-state index in [2.05, 4.69) is 4.98 Å². The van der Waals surface area contributed by atoms with Crippen LogP contribution in [0.25, 0.3) is 0 Å². The van der Waals surface area contributed by atoms with Gasteiger partial charge in [0.1, 0.15) is 5.82 Å². The van der Waals surface area contributed by atoms with Gasteiger partial charge in [-0.1, -0.05) is 0 Å². The van der Waals surface area contributed by atoms with Crippen molar-refractivity contribution in [2.75, 3.05) is 10.6 Å². The van der Waals surface area contributed by atoms with Gasteiger partial charge < -0.3 is 10.6 Å². The molecule has 2 N–H and O–H groups in total. The van der Waals surface area contributed by atoms with Gasteiger partial charge in [-0.2, -0.15) is 26.3 Å². The first-order valence-electron chi connectivity index (χ1n) is 8.41. The molecule has 4 nitrogen and oxygen atoms in total. The van der Waals surface area contributed by atoms with Crippen LogP contribution in [0.4, 0.5) is 41.6 Å². The van der Waals surface area contributed by atoms with Gasteiger partial charge in [0, 0.05) is 16.6 Å². The predicted molar refractivity (Wildman–Crippen MR) is 99.9 cm³/mol. The van der Waals surface area contributed by atoms with Crippen molar-refractivity contribution in [3.8, 4) is 0 Å². The average Bonchev–Trinajstić information content (AvgIpc) is 3.09. The number of hydrogen-bond donors (Lipinski definition) is 1. The number of anilines is 2. The molecular weight excluding hydrogens is 451 g/mol. The van der Waals surface area contributed by atoms with Crippen LogP contribution in [0.3, 0.4) is 0 Å². The van der Waals surface area contributed by atoms with E-state index in [0.717, 1.165) is 28.4 Å². The Morgan fingerprint density at radius 3 is 1.97 bits per heavy atom. The molecule has 0 aliphatic carbocycles. The van der Waals surface area contributed by atoms with E-state index in [1.165, 1.54) is 17.5 Å². The molecule has 0 aliphatic rings. The highest BCUT2D eigenvalue weighted by Gasteiger charge is 2.38. The van der Waals surface area contributed by atoms with Crippen LogP contribution in [0.15, 0.2) is 47.8 Å². The summed E-state index contributed by atoms with van der Waals surface area (Å²) >= 11 is 1.03. The topological polar surface area (TPSA) is 59.2 Å². The van der Waals surface area contributed by atoms with E-state index in [-0.39, 0.29) is 29.1 Å². The zero-order chi connectivity index (χ0) is 23.0. The maximum atomic E-state index is 13.3. The smallest absolute Gasteiger partial charge is 0.375 e. The second-order valence-corrected chi connectivity index (χ2v) is 7.23. The third-order valence-electron chi connectivity index (χ3n) is 4.11. The number of hydrogen-bond acceptors (Lipinski definition) is 4. The van der Waals surface area contributed by atoms with E-state index < -0.39 is 40.8 Å². The van der Waals surface area contributed by atoms with Crippen LogP contribution in [0.2, 0.25) is 0 Å². The number of halogens is 7. The van der Waals surface area contributed by atoms with Gasteiger partial charge in [-0.05, 0) is 42.5 Å². The third-order valence-corrected chi connectivity index (χ3v) is 4.83. The van der Waals surface area contributed by atoms with Crippen LogP contribution in [0.5, 0.6) is 0 Å². The van der Waals surface area contributed by atoms with Crippen LogP contribution in [-0.2, 0) is 18.9 Å². The molecule has 1 heterocycles. The van der Waals surface area contributed by atoms with E-state index in [1.54, 1.807) is 0 Å². The summed E-state index contributed by atoms with van der Waals surface area (Å²) in [5.74, 6) is -1.80. The lowest BCUT2D eigenvalue weighted by atomic mass is 10.0. The van der Waals surface area contributed by atoms with Crippen LogP contribution in [-0.4, -0.2) is 10.9 Å². The molecule has 164 valence electrons. The van der Waals surface area contributed by atoms with Gasteiger partial charge in [-0.25, -0.2) is 9.37 Å². The Kier molecular flexibility index (Phi) is 5.94. The summed E-state index contributed by atoms with van der Waals surface area (Å²) in [6.07, 6.45) is -10.2. The van der Waals surface area contributed by atoms with E-state index in [9.17, 15) is 35.5 Å². The number of benzene rings is 2. The number of carbonyl (C=O) groups excluding carboxylic acids is 1. The Hall–Kier alpha value is -3.15. The van der Waals surface area contributed by atoms with E-state index >= 15 is 0 Å². The molecule has 31 heavy (non-hydrogen) atoms. The normalized spacial score (nSPS) is 12.1. The van der Waals surface area contributed by atoms with Crippen molar-refractivity contribution < 1.29 is 35.5 Å². The predicted octanol–water partition coefficient (Wildman–Crippen LogP) is 5.75. The number of aromatic nitrogens is 1. The molecule has 0 aliphatic heterocycles. The average molecular weight is 463 g/mol. The maximum absolute atomic E-state index is 13.3. The summed E-state index contributed by atoms with van der Waals surface area (Å²) in [6, 6.07) is 4.94. The zero-order valence-corrected chi connectivity index (χ0v) is 16.1. The minimum absolute atomic E-state index is 0.0453. The first kappa shape index (κ1) is 22.5. The van der Waals surface area contributed by atoms with Gasteiger partial charge in [0.05, 0.1) is 23.4 Å². The number of nitrogens with zero attached hydrogens (tertiary/aromatic N) is 2. The Balaban J connectivity index is 2.10. The zero-order valence-electron chi connectivity index (χ0n) is 15.3. The Morgan fingerprint density at radius 1 is 0.968 bits per heavy atom. The van der Waals surface area contributed by atoms with Crippen LogP contribution < -0.4 is 10.6 Å². The molecule has 0 bridgehead atoms. The largest absolute Gasteiger partial charge is 0.416 e. The van der Waals surface area contributed by atoms with Gasteiger partial charge in [0.15, 0.2) is 5.13 Å². The summed E-state index contributed by atoms with van der Waals surface area (Å²) in [6.45, 7) is -0.310. The van der Waals surface area contributed by atoms with E-state index in [1.807, 2.05) is 0 Å². The van der Waals surface area contributed by atoms with Gasteiger partial charge >= 0.3 is 12.4 Å². The third kappa shape index (κ3) is 5.32. The number of nitrogens with two attached hydrogens (primary N) is 1. The minimum Gasteiger partial charge on any atom is -0.375 e. The highest BCUT2D eigenvalue weighted by atomic mass is 32.1. The van der Waals surface area contributed by atoms with Crippen molar-refractivity contribution in [3.05, 3.63) is 76.0 Å². The van der Waals surface area contributed by atoms with Crippen molar-refractivity contribution in [1.82, 2.24) is 4.98 Å². The molecule has 0 atom stereocenters. The van der Waals surface area contributed by atoms with Crippen molar-refractivity contribution >= 4 is 28.1 Å². The fourth-order valence-corrected chi connectivity index (χ4v) is 3.25. The number of alkyl halides is 6. The van der Waals surface area contributed by atoms with Gasteiger partial charge in [-0.15, -0.1) is 11.3 Å². The van der Waals surface area contributed by atoms with Gasteiger partial charge in [0.25, 0.3) is 5.91 Å². The fraction of sp³-hybridized carbons (Fsp3) is 0.158.